The fraction of sp³-hybridized carbons (Fsp3) is 0.458. The Morgan fingerprint density at radius 2 is 1.94 bits per heavy atom. The van der Waals surface area contributed by atoms with E-state index in [2.05, 4.69) is 4.90 Å². The number of rotatable bonds is 7. The zero-order valence-corrected chi connectivity index (χ0v) is 18.6. The molecule has 1 amide bonds. The van der Waals surface area contributed by atoms with Crippen molar-refractivity contribution in [1.29, 1.82) is 0 Å². The van der Waals surface area contributed by atoms with E-state index < -0.39 is 0 Å². The van der Waals surface area contributed by atoms with Crippen LogP contribution in [0.5, 0.6) is 11.5 Å². The molecule has 0 radical (unpaired) electrons. The highest BCUT2D eigenvalue weighted by Gasteiger charge is 2.26. The molecule has 2 aliphatic rings. The van der Waals surface area contributed by atoms with Crippen LogP contribution in [0.2, 0.25) is 5.02 Å². The highest BCUT2D eigenvalue weighted by atomic mass is 35.5. The van der Waals surface area contributed by atoms with Gasteiger partial charge in [0.05, 0.1) is 13.2 Å². The van der Waals surface area contributed by atoms with Crippen LogP contribution < -0.4 is 9.47 Å². The SMILES string of the molecule is COc1cc(C(=O)N2CCN(C[C@@H]3CCCO3)CC2)ccc1OCc1ccccc1Cl. The lowest BCUT2D eigenvalue weighted by molar-refractivity contribution is 0.0432. The zero-order chi connectivity index (χ0) is 21.6. The second-order valence-corrected chi connectivity index (χ2v) is 8.38. The molecule has 0 bridgehead atoms. The van der Waals surface area contributed by atoms with Gasteiger partial charge in [-0.25, -0.2) is 0 Å². The molecule has 2 aromatic rings. The van der Waals surface area contributed by atoms with Gasteiger partial charge in [-0.2, -0.15) is 0 Å². The molecule has 0 saturated carbocycles. The summed E-state index contributed by atoms with van der Waals surface area (Å²) >= 11 is 6.20. The standard InChI is InChI=1S/C24H29ClN2O4/c1-29-23-15-18(8-9-22(23)31-17-19-5-2-3-7-21(19)25)24(28)27-12-10-26(11-13-27)16-20-6-4-14-30-20/h2-3,5,7-9,15,20H,4,6,10-14,16-17H2,1H3/t20-/m0/s1. The Morgan fingerprint density at radius 3 is 2.65 bits per heavy atom. The van der Waals surface area contributed by atoms with Crippen LogP contribution in [0.25, 0.3) is 0 Å². The maximum atomic E-state index is 13.0. The molecule has 2 aliphatic heterocycles. The lowest BCUT2D eigenvalue weighted by atomic mass is 10.1. The third kappa shape index (κ3) is 5.50. The van der Waals surface area contributed by atoms with Crippen LogP contribution in [-0.4, -0.2) is 68.3 Å². The molecule has 4 rings (SSSR count). The Hall–Kier alpha value is -2.28. The minimum absolute atomic E-state index is 0.0210. The van der Waals surface area contributed by atoms with E-state index in [9.17, 15) is 4.79 Å². The van der Waals surface area contributed by atoms with Crippen molar-refractivity contribution in [2.45, 2.75) is 25.6 Å². The largest absolute Gasteiger partial charge is 0.493 e. The number of amides is 1. The number of methoxy groups -OCH3 is 1. The number of ether oxygens (including phenoxy) is 3. The van der Waals surface area contributed by atoms with Crippen molar-refractivity contribution in [2.24, 2.45) is 0 Å². The van der Waals surface area contributed by atoms with Crippen molar-refractivity contribution < 1.29 is 19.0 Å². The third-order valence-electron chi connectivity index (χ3n) is 5.90. The summed E-state index contributed by atoms with van der Waals surface area (Å²) in [7, 11) is 1.58. The first kappa shape index (κ1) is 21.9. The minimum Gasteiger partial charge on any atom is -0.493 e. The van der Waals surface area contributed by atoms with Gasteiger partial charge in [0.15, 0.2) is 11.5 Å². The molecule has 7 heteroatoms. The predicted octanol–water partition coefficient (Wildman–Crippen LogP) is 3.86. The van der Waals surface area contributed by atoms with Gasteiger partial charge in [-0.3, -0.25) is 9.69 Å². The average Bonchev–Trinajstić information content (AvgIpc) is 3.31. The van der Waals surface area contributed by atoms with Crippen LogP contribution in [-0.2, 0) is 11.3 Å². The number of carbonyl (C=O) groups is 1. The maximum Gasteiger partial charge on any atom is 0.254 e. The van der Waals surface area contributed by atoms with Crippen LogP contribution in [0.4, 0.5) is 0 Å². The van der Waals surface area contributed by atoms with Gasteiger partial charge in [-0.05, 0) is 37.1 Å². The summed E-state index contributed by atoms with van der Waals surface area (Å²) in [6, 6.07) is 12.9. The molecular weight excluding hydrogens is 416 g/mol. The van der Waals surface area contributed by atoms with Gasteiger partial charge < -0.3 is 19.1 Å². The first-order valence-electron chi connectivity index (χ1n) is 10.8. The summed E-state index contributed by atoms with van der Waals surface area (Å²) < 4.78 is 17.1. The Kier molecular flexibility index (Phi) is 7.33. The molecule has 0 N–H and O–H groups in total. The summed E-state index contributed by atoms with van der Waals surface area (Å²) in [4.78, 5) is 17.3. The van der Waals surface area contributed by atoms with Crippen LogP contribution in [0.3, 0.4) is 0 Å². The Balaban J connectivity index is 1.34. The molecule has 1 atom stereocenters. The molecule has 166 valence electrons. The van der Waals surface area contributed by atoms with E-state index >= 15 is 0 Å². The summed E-state index contributed by atoms with van der Waals surface area (Å²) in [5.41, 5.74) is 1.50. The molecule has 2 fully saturated rings. The van der Waals surface area contributed by atoms with E-state index in [0.717, 1.165) is 57.7 Å². The number of piperazine rings is 1. The van der Waals surface area contributed by atoms with Gasteiger partial charge in [0.25, 0.3) is 5.91 Å². The van der Waals surface area contributed by atoms with Crippen molar-refractivity contribution in [1.82, 2.24) is 9.80 Å². The van der Waals surface area contributed by atoms with E-state index in [1.54, 1.807) is 25.3 Å². The second-order valence-electron chi connectivity index (χ2n) is 7.97. The van der Waals surface area contributed by atoms with Gasteiger partial charge in [-0.1, -0.05) is 29.8 Å². The molecular formula is C24H29ClN2O4. The first-order chi connectivity index (χ1) is 15.1. The van der Waals surface area contributed by atoms with E-state index in [0.29, 0.717) is 34.8 Å². The Morgan fingerprint density at radius 1 is 1.13 bits per heavy atom. The molecule has 0 aromatic heterocycles. The summed E-state index contributed by atoms with van der Waals surface area (Å²) in [6.07, 6.45) is 2.65. The average molecular weight is 445 g/mol. The van der Waals surface area contributed by atoms with Crippen molar-refractivity contribution in [3.63, 3.8) is 0 Å². The molecule has 2 aromatic carbocycles. The maximum absolute atomic E-state index is 13.0. The molecule has 0 aliphatic carbocycles. The summed E-state index contributed by atoms with van der Waals surface area (Å²) in [5, 5.41) is 0.659. The molecule has 31 heavy (non-hydrogen) atoms. The first-order valence-corrected chi connectivity index (χ1v) is 11.2. The monoisotopic (exact) mass is 444 g/mol. The number of hydrogen-bond donors (Lipinski definition) is 0. The molecule has 2 heterocycles. The third-order valence-corrected chi connectivity index (χ3v) is 6.27. The van der Waals surface area contributed by atoms with Crippen LogP contribution in [0.1, 0.15) is 28.8 Å². The number of nitrogens with zero attached hydrogens (tertiary/aromatic N) is 2. The Bertz CT molecular complexity index is 893. The fourth-order valence-corrected chi connectivity index (χ4v) is 4.27. The van der Waals surface area contributed by atoms with E-state index in [1.807, 2.05) is 29.2 Å². The van der Waals surface area contributed by atoms with Crippen molar-refractivity contribution in [2.75, 3.05) is 46.4 Å². The van der Waals surface area contributed by atoms with Crippen molar-refractivity contribution in [3.8, 4) is 11.5 Å². The van der Waals surface area contributed by atoms with Gasteiger partial charge in [0.1, 0.15) is 6.61 Å². The lowest BCUT2D eigenvalue weighted by Gasteiger charge is -2.35. The van der Waals surface area contributed by atoms with Crippen LogP contribution in [0.15, 0.2) is 42.5 Å². The van der Waals surface area contributed by atoms with Gasteiger partial charge >= 0.3 is 0 Å². The van der Waals surface area contributed by atoms with E-state index in [4.69, 9.17) is 25.8 Å². The topological polar surface area (TPSA) is 51.2 Å². The van der Waals surface area contributed by atoms with Gasteiger partial charge in [0, 0.05) is 55.5 Å². The smallest absolute Gasteiger partial charge is 0.254 e. The van der Waals surface area contributed by atoms with Gasteiger partial charge in [0.2, 0.25) is 0 Å². The number of hydrogen-bond acceptors (Lipinski definition) is 5. The van der Waals surface area contributed by atoms with Crippen molar-refractivity contribution >= 4 is 17.5 Å². The highest BCUT2D eigenvalue weighted by molar-refractivity contribution is 6.31. The lowest BCUT2D eigenvalue weighted by Crippen LogP contribution is -2.50. The Labute approximate surface area is 188 Å². The normalized spacial score (nSPS) is 19.4. The van der Waals surface area contributed by atoms with Crippen LogP contribution >= 0.6 is 11.6 Å². The molecule has 0 spiro atoms. The summed E-state index contributed by atoms with van der Waals surface area (Å²) in [6.45, 7) is 5.37. The van der Waals surface area contributed by atoms with Crippen LogP contribution in [0, 0.1) is 0 Å². The highest BCUT2D eigenvalue weighted by Crippen LogP contribution is 2.30. The number of carbonyl (C=O) groups excluding carboxylic acids is 1. The zero-order valence-electron chi connectivity index (χ0n) is 17.9. The van der Waals surface area contributed by atoms with E-state index in [1.165, 1.54) is 0 Å². The van der Waals surface area contributed by atoms with E-state index in [-0.39, 0.29) is 5.91 Å². The molecule has 2 saturated heterocycles. The fourth-order valence-electron chi connectivity index (χ4n) is 4.08. The minimum atomic E-state index is 0.0210. The van der Waals surface area contributed by atoms with Crippen molar-refractivity contribution in [3.05, 3.63) is 58.6 Å². The number of benzene rings is 2. The molecule has 6 nitrogen and oxygen atoms in total. The quantitative estimate of drug-likeness (QED) is 0.649. The second kappa shape index (κ2) is 10.4. The van der Waals surface area contributed by atoms with Gasteiger partial charge in [-0.15, -0.1) is 0 Å². The number of halogens is 1. The summed E-state index contributed by atoms with van der Waals surface area (Å²) in [5.74, 6) is 1.14. The predicted molar refractivity (Wildman–Crippen MR) is 120 cm³/mol. The molecule has 0 unspecified atom stereocenters.